The van der Waals surface area contributed by atoms with Gasteiger partial charge in [0, 0.05) is 17.3 Å². The molecule has 4 heteroatoms. The Morgan fingerprint density at radius 3 is 2.94 bits per heavy atom. The Balaban J connectivity index is 2.21. The van der Waals surface area contributed by atoms with E-state index in [-0.39, 0.29) is 11.9 Å². The molecular weight excluding hydrogens is 248 g/mol. The number of rotatable bonds is 3. The molecule has 1 saturated heterocycles. The van der Waals surface area contributed by atoms with Gasteiger partial charge in [-0.3, -0.25) is 4.79 Å². The second-order valence-electron chi connectivity index (χ2n) is 4.68. The zero-order valence-electron chi connectivity index (χ0n) is 10.9. The first kappa shape index (κ1) is 13.4. The molecule has 1 aliphatic rings. The summed E-state index contributed by atoms with van der Waals surface area (Å²) in [6.45, 7) is 5.58. The van der Waals surface area contributed by atoms with Crippen molar-refractivity contribution in [2.75, 3.05) is 18.0 Å². The number of halogens is 1. The molecule has 1 heterocycles. The maximum Gasteiger partial charge on any atom is 0.244 e. The first-order chi connectivity index (χ1) is 8.63. The SMILES string of the molecule is CCNC1CCCN(c2ccc(C)c(Cl)c2)C1=O. The van der Waals surface area contributed by atoms with E-state index in [0.29, 0.717) is 5.02 Å². The number of carbonyl (C=O) groups is 1. The van der Waals surface area contributed by atoms with E-state index in [9.17, 15) is 4.79 Å². The molecule has 1 aromatic carbocycles. The lowest BCUT2D eigenvalue weighted by Crippen LogP contribution is -2.50. The topological polar surface area (TPSA) is 32.3 Å². The van der Waals surface area contributed by atoms with Gasteiger partial charge in [-0.15, -0.1) is 0 Å². The van der Waals surface area contributed by atoms with Crippen LogP contribution in [0.5, 0.6) is 0 Å². The maximum atomic E-state index is 12.3. The monoisotopic (exact) mass is 266 g/mol. The van der Waals surface area contributed by atoms with Crippen LogP contribution in [0.25, 0.3) is 0 Å². The Bertz CT molecular complexity index is 445. The van der Waals surface area contributed by atoms with Crippen molar-refractivity contribution in [3.05, 3.63) is 28.8 Å². The Kier molecular flexibility index (Phi) is 4.25. The van der Waals surface area contributed by atoms with E-state index in [0.717, 1.165) is 37.2 Å². The van der Waals surface area contributed by atoms with Crippen molar-refractivity contribution in [2.45, 2.75) is 32.7 Å². The van der Waals surface area contributed by atoms with Crippen molar-refractivity contribution in [1.29, 1.82) is 0 Å². The Labute approximate surface area is 113 Å². The fourth-order valence-electron chi connectivity index (χ4n) is 2.32. The lowest BCUT2D eigenvalue weighted by molar-refractivity contribution is -0.121. The van der Waals surface area contributed by atoms with E-state index in [2.05, 4.69) is 5.32 Å². The summed E-state index contributed by atoms with van der Waals surface area (Å²) in [5.41, 5.74) is 1.94. The van der Waals surface area contributed by atoms with Crippen LogP contribution in [0, 0.1) is 6.92 Å². The molecule has 1 fully saturated rings. The molecule has 18 heavy (non-hydrogen) atoms. The number of amides is 1. The van der Waals surface area contributed by atoms with Gasteiger partial charge in [-0.1, -0.05) is 24.6 Å². The lowest BCUT2D eigenvalue weighted by Gasteiger charge is -2.32. The number of nitrogens with one attached hydrogen (secondary N) is 1. The van der Waals surface area contributed by atoms with Gasteiger partial charge in [-0.2, -0.15) is 0 Å². The van der Waals surface area contributed by atoms with E-state index in [1.165, 1.54) is 0 Å². The number of nitrogens with zero attached hydrogens (tertiary/aromatic N) is 1. The third-order valence-corrected chi connectivity index (χ3v) is 3.76. The van der Waals surface area contributed by atoms with Gasteiger partial charge in [-0.25, -0.2) is 0 Å². The molecule has 1 atom stereocenters. The molecule has 2 rings (SSSR count). The average molecular weight is 267 g/mol. The molecule has 0 radical (unpaired) electrons. The van der Waals surface area contributed by atoms with Crippen molar-refractivity contribution >= 4 is 23.2 Å². The molecule has 1 aliphatic heterocycles. The highest BCUT2D eigenvalue weighted by Crippen LogP contribution is 2.26. The predicted octanol–water partition coefficient (Wildman–Crippen LogP) is 2.75. The maximum absolute atomic E-state index is 12.3. The average Bonchev–Trinajstić information content (AvgIpc) is 2.36. The van der Waals surface area contributed by atoms with Crippen LogP contribution >= 0.6 is 11.6 Å². The van der Waals surface area contributed by atoms with E-state index in [1.54, 1.807) is 0 Å². The summed E-state index contributed by atoms with van der Waals surface area (Å²) in [7, 11) is 0. The van der Waals surface area contributed by atoms with Gasteiger partial charge in [0.1, 0.15) is 0 Å². The van der Waals surface area contributed by atoms with E-state index in [4.69, 9.17) is 11.6 Å². The number of hydrogen-bond acceptors (Lipinski definition) is 2. The fraction of sp³-hybridized carbons (Fsp3) is 0.500. The lowest BCUT2D eigenvalue weighted by atomic mass is 10.0. The van der Waals surface area contributed by atoms with Crippen molar-refractivity contribution < 1.29 is 4.79 Å². The molecule has 0 saturated carbocycles. The number of likely N-dealkylation sites (N-methyl/N-ethyl adjacent to an activating group) is 1. The quantitative estimate of drug-likeness (QED) is 0.912. The van der Waals surface area contributed by atoms with Gasteiger partial charge < -0.3 is 10.2 Å². The third kappa shape index (κ3) is 2.68. The number of benzene rings is 1. The Morgan fingerprint density at radius 2 is 2.28 bits per heavy atom. The molecule has 1 amide bonds. The second-order valence-corrected chi connectivity index (χ2v) is 5.08. The molecule has 1 N–H and O–H groups in total. The van der Waals surface area contributed by atoms with Gasteiger partial charge in [0.05, 0.1) is 6.04 Å². The van der Waals surface area contributed by atoms with Crippen LogP contribution in [0.15, 0.2) is 18.2 Å². The van der Waals surface area contributed by atoms with Crippen molar-refractivity contribution in [3.8, 4) is 0 Å². The minimum atomic E-state index is -0.0520. The summed E-state index contributed by atoms with van der Waals surface area (Å²) in [5.74, 6) is 0.156. The van der Waals surface area contributed by atoms with Crippen LogP contribution in [0.1, 0.15) is 25.3 Å². The van der Waals surface area contributed by atoms with Crippen LogP contribution in [0.2, 0.25) is 5.02 Å². The summed E-state index contributed by atoms with van der Waals surface area (Å²) < 4.78 is 0. The van der Waals surface area contributed by atoms with Crippen LogP contribution in [-0.2, 0) is 4.79 Å². The predicted molar refractivity (Wildman–Crippen MR) is 75.2 cm³/mol. The molecule has 0 bridgehead atoms. The highest BCUT2D eigenvalue weighted by molar-refractivity contribution is 6.31. The van der Waals surface area contributed by atoms with E-state index < -0.39 is 0 Å². The van der Waals surface area contributed by atoms with Gasteiger partial charge in [-0.05, 0) is 44.0 Å². The molecule has 0 aliphatic carbocycles. The van der Waals surface area contributed by atoms with Gasteiger partial charge >= 0.3 is 0 Å². The summed E-state index contributed by atoms with van der Waals surface area (Å²) in [4.78, 5) is 14.2. The van der Waals surface area contributed by atoms with Crippen molar-refractivity contribution in [1.82, 2.24) is 5.32 Å². The van der Waals surface area contributed by atoms with Gasteiger partial charge in [0.25, 0.3) is 0 Å². The minimum Gasteiger partial charge on any atom is -0.311 e. The number of anilines is 1. The van der Waals surface area contributed by atoms with Gasteiger partial charge in [0.2, 0.25) is 5.91 Å². The standard InChI is InChI=1S/C14H19ClN2O/c1-3-16-13-5-4-8-17(14(13)18)11-7-6-10(2)12(15)9-11/h6-7,9,13,16H,3-5,8H2,1-2H3. The van der Waals surface area contributed by atoms with Crippen molar-refractivity contribution in [3.63, 3.8) is 0 Å². The van der Waals surface area contributed by atoms with Crippen LogP contribution < -0.4 is 10.2 Å². The number of carbonyl (C=O) groups excluding carboxylic acids is 1. The number of aryl methyl sites for hydroxylation is 1. The largest absolute Gasteiger partial charge is 0.311 e. The normalized spacial score (nSPS) is 20.3. The second kappa shape index (κ2) is 5.72. The molecule has 98 valence electrons. The number of piperidine rings is 1. The highest BCUT2D eigenvalue weighted by atomic mass is 35.5. The van der Waals surface area contributed by atoms with Gasteiger partial charge in [0.15, 0.2) is 0 Å². The summed E-state index contributed by atoms with van der Waals surface area (Å²) in [6.07, 6.45) is 1.94. The van der Waals surface area contributed by atoms with E-state index in [1.807, 2.05) is 36.9 Å². The third-order valence-electron chi connectivity index (χ3n) is 3.36. The molecule has 1 aromatic rings. The molecule has 3 nitrogen and oxygen atoms in total. The molecule has 1 unspecified atom stereocenters. The zero-order chi connectivity index (χ0) is 13.1. The fourth-order valence-corrected chi connectivity index (χ4v) is 2.49. The summed E-state index contributed by atoms with van der Waals surface area (Å²) in [6, 6.07) is 5.75. The highest BCUT2D eigenvalue weighted by Gasteiger charge is 2.28. The van der Waals surface area contributed by atoms with E-state index >= 15 is 0 Å². The van der Waals surface area contributed by atoms with Crippen molar-refractivity contribution in [2.24, 2.45) is 0 Å². The Hall–Kier alpha value is -1.06. The molecule has 0 aromatic heterocycles. The first-order valence-corrected chi connectivity index (χ1v) is 6.82. The Morgan fingerprint density at radius 1 is 1.50 bits per heavy atom. The number of hydrogen-bond donors (Lipinski definition) is 1. The summed E-state index contributed by atoms with van der Waals surface area (Å²) >= 11 is 6.12. The van der Waals surface area contributed by atoms with Crippen LogP contribution in [0.4, 0.5) is 5.69 Å². The summed E-state index contributed by atoms with van der Waals surface area (Å²) in [5, 5.41) is 3.95. The van der Waals surface area contributed by atoms with Crippen LogP contribution in [-0.4, -0.2) is 25.0 Å². The van der Waals surface area contributed by atoms with Crippen LogP contribution in [0.3, 0.4) is 0 Å². The molecular formula is C14H19ClN2O. The zero-order valence-corrected chi connectivity index (χ0v) is 11.6. The minimum absolute atomic E-state index is 0.0520. The first-order valence-electron chi connectivity index (χ1n) is 6.44. The molecule has 0 spiro atoms. The smallest absolute Gasteiger partial charge is 0.244 e.